The topological polar surface area (TPSA) is 0 Å². The lowest BCUT2D eigenvalue weighted by molar-refractivity contribution is -0.441. The molecule has 0 N–H and O–H groups in total. The molecule has 0 aliphatic heterocycles. The van der Waals surface area contributed by atoms with Crippen LogP contribution in [-0.4, -0.2) is 35.8 Å². The van der Waals surface area contributed by atoms with Gasteiger partial charge in [-0.3, -0.25) is 0 Å². The zero-order valence-corrected chi connectivity index (χ0v) is 9.20. The van der Waals surface area contributed by atoms with Crippen LogP contribution >= 0.6 is 0 Å². The summed E-state index contributed by atoms with van der Waals surface area (Å²) < 4.78 is 162. The van der Waals surface area contributed by atoms with Crippen molar-refractivity contribution < 1.29 is 57.1 Å². The Bertz CT molecular complexity index is 415. The Kier molecular flexibility index (Phi) is 3.53. The average Bonchev–Trinajstić information content (AvgIpc) is 2.21. The molecule has 0 aromatic carbocycles. The zero-order chi connectivity index (χ0) is 17.3. The highest BCUT2D eigenvalue weighted by molar-refractivity contribution is 5.19. The van der Waals surface area contributed by atoms with Gasteiger partial charge in [0.15, 0.2) is 0 Å². The fourth-order valence-electron chi connectivity index (χ4n) is 1.84. The molecule has 1 aliphatic rings. The highest BCUT2D eigenvalue weighted by Crippen LogP contribution is 2.67. The highest BCUT2D eigenvalue weighted by atomic mass is 19.4. The van der Waals surface area contributed by atoms with Gasteiger partial charge in [0.05, 0.1) is 5.92 Å². The lowest BCUT2D eigenvalue weighted by atomic mass is 9.65. The number of halogens is 13. The van der Waals surface area contributed by atoms with Crippen molar-refractivity contribution in [3.63, 3.8) is 0 Å². The van der Waals surface area contributed by atoms with Gasteiger partial charge in [0.2, 0.25) is 0 Å². The lowest BCUT2D eigenvalue weighted by Gasteiger charge is -2.51. The normalized spacial score (nSPS) is 28.7. The predicted molar refractivity (Wildman–Crippen MR) is 38.9 cm³/mol. The van der Waals surface area contributed by atoms with E-state index < -0.39 is 48.1 Å². The number of alkyl halides is 13. The molecule has 1 rings (SSSR count). The summed E-state index contributed by atoms with van der Waals surface area (Å²) in [6.07, 6.45) is -17.2. The van der Waals surface area contributed by atoms with Crippen molar-refractivity contribution in [1.29, 1.82) is 0 Å². The van der Waals surface area contributed by atoms with Crippen LogP contribution in [-0.2, 0) is 0 Å². The molecule has 0 aromatic heterocycles. The van der Waals surface area contributed by atoms with Crippen molar-refractivity contribution in [3.05, 3.63) is 0 Å². The summed E-state index contributed by atoms with van der Waals surface area (Å²) >= 11 is 0. The summed E-state index contributed by atoms with van der Waals surface area (Å²) in [4.78, 5) is 0. The second-order valence-corrected chi connectivity index (χ2v) is 4.37. The van der Waals surface area contributed by atoms with Crippen molar-refractivity contribution in [2.75, 3.05) is 0 Å². The first-order valence-corrected chi connectivity index (χ1v) is 4.80. The van der Waals surface area contributed by atoms with Gasteiger partial charge in [-0.05, 0) is 0 Å². The smallest absolute Gasteiger partial charge is 0.226 e. The summed E-state index contributed by atoms with van der Waals surface area (Å²) in [5, 5.41) is 0. The fourth-order valence-corrected chi connectivity index (χ4v) is 1.84. The Labute approximate surface area is 106 Å². The molecule has 0 amide bonds. The molecule has 0 nitrogen and oxygen atoms in total. The molecule has 0 aromatic rings. The predicted octanol–water partition coefficient (Wildman–Crippen LogP) is 4.75. The van der Waals surface area contributed by atoms with E-state index in [1.807, 2.05) is 0 Å². The van der Waals surface area contributed by atoms with Crippen LogP contribution < -0.4 is 0 Å². The van der Waals surface area contributed by atoms with E-state index in [-0.39, 0.29) is 0 Å². The van der Waals surface area contributed by atoms with E-state index in [0.29, 0.717) is 0 Å². The van der Waals surface area contributed by atoms with Crippen molar-refractivity contribution >= 4 is 0 Å². The Morgan fingerprint density at radius 1 is 0.667 bits per heavy atom. The Morgan fingerprint density at radius 3 is 1.24 bits per heavy atom. The van der Waals surface area contributed by atoms with Gasteiger partial charge in [-0.1, -0.05) is 0 Å². The first-order valence-electron chi connectivity index (χ1n) is 4.80. The number of hydrogen-bond acceptors (Lipinski definition) is 0. The first kappa shape index (κ1) is 18.1. The van der Waals surface area contributed by atoms with Crippen LogP contribution in [0.1, 0.15) is 6.42 Å². The van der Waals surface area contributed by atoms with E-state index in [9.17, 15) is 57.1 Å². The SMILES string of the molecule is FC(F)(F)C(F)(F)C(F)(C1CC(F)(F)C1(F)F)C(F)(F)F. The number of rotatable bonds is 2. The van der Waals surface area contributed by atoms with Gasteiger partial charge in [0.1, 0.15) is 0 Å². The van der Waals surface area contributed by atoms with Crippen molar-refractivity contribution in [2.24, 2.45) is 5.92 Å². The molecule has 2 atom stereocenters. The lowest BCUT2D eigenvalue weighted by Crippen LogP contribution is -2.75. The van der Waals surface area contributed by atoms with Gasteiger partial charge in [-0.2, -0.15) is 52.7 Å². The second-order valence-electron chi connectivity index (χ2n) is 4.37. The third kappa shape index (κ3) is 2.05. The maximum atomic E-state index is 13.4. The summed E-state index contributed by atoms with van der Waals surface area (Å²) in [5.74, 6) is -23.2. The van der Waals surface area contributed by atoms with Gasteiger partial charge in [0.25, 0.3) is 5.67 Å². The standard InChI is InChI=1S/C8H3F13/c9-3(10)1-2(5(3,12)13)4(11,7(16,17)18)6(14,15)8(19,20)21/h2H,1H2. The summed E-state index contributed by atoms with van der Waals surface area (Å²) in [6.45, 7) is 0. The molecular formula is C8H3F13. The molecule has 2 unspecified atom stereocenters. The van der Waals surface area contributed by atoms with E-state index in [2.05, 4.69) is 0 Å². The van der Waals surface area contributed by atoms with Gasteiger partial charge < -0.3 is 0 Å². The van der Waals surface area contributed by atoms with Gasteiger partial charge >= 0.3 is 30.1 Å². The van der Waals surface area contributed by atoms with Crippen molar-refractivity contribution in [2.45, 2.75) is 42.2 Å². The first-order chi connectivity index (χ1) is 8.84. The number of hydrogen-bond donors (Lipinski definition) is 0. The largest absolute Gasteiger partial charge is 0.457 e. The molecule has 1 saturated carbocycles. The molecule has 1 aliphatic carbocycles. The molecule has 0 bridgehead atoms. The second kappa shape index (κ2) is 4.09. The summed E-state index contributed by atoms with van der Waals surface area (Å²) in [5.41, 5.74) is -6.89. The Balaban J connectivity index is 3.47. The fraction of sp³-hybridized carbons (Fsp3) is 1.00. The summed E-state index contributed by atoms with van der Waals surface area (Å²) in [6, 6.07) is 0. The average molecular weight is 346 g/mol. The van der Waals surface area contributed by atoms with E-state index in [4.69, 9.17) is 0 Å². The van der Waals surface area contributed by atoms with Crippen LogP contribution in [0.4, 0.5) is 57.1 Å². The maximum absolute atomic E-state index is 13.4. The Hall–Kier alpha value is -0.910. The van der Waals surface area contributed by atoms with Crippen LogP contribution in [0.2, 0.25) is 0 Å². The van der Waals surface area contributed by atoms with Gasteiger partial charge in [-0.25, -0.2) is 4.39 Å². The van der Waals surface area contributed by atoms with Crippen molar-refractivity contribution in [3.8, 4) is 0 Å². The van der Waals surface area contributed by atoms with Crippen LogP contribution in [0.25, 0.3) is 0 Å². The third-order valence-electron chi connectivity index (χ3n) is 3.09. The molecule has 0 radical (unpaired) electrons. The van der Waals surface area contributed by atoms with Crippen LogP contribution in [0.5, 0.6) is 0 Å². The maximum Gasteiger partial charge on any atom is 0.457 e. The monoisotopic (exact) mass is 346 g/mol. The van der Waals surface area contributed by atoms with Gasteiger partial charge in [0, 0.05) is 6.42 Å². The Morgan fingerprint density at radius 2 is 1.05 bits per heavy atom. The minimum absolute atomic E-state index is 2.80. The highest BCUT2D eigenvalue weighted by Gasteiger charge is 2.91. The van der Waals surface area contributed by atoms with E-state index in [1.54, 1.807) is 0 Å². The molecule has 0 spiro atoms. The molecule has 21 heavy (non-hydrogen) atoms. The molecule has 126 valence electrons. The third-order valence-corrected chi connectivity index (χ3v) is 3.09. The quantitative estimate of drug-likeness (QED) is 0.634. The summed E-state index contributed by atoms with van der Waals surface area (Å²) in [7, 11) is 0. The van der Waals surface area contributed by atoms with E-state index in [0.717, 1.165) is 0 Å². The molecular weight excluding hydrogens is 343 g/mol. The van der Waals surface area contributed by atoms with Crippen LogP contribution in [0.15, 0.2) is 0 Å². The minimum atomic E-state index is -7.33. The van der Waals surface area contributed by atoms with Crippen LogP contribution in [0.3, 0.4) is 0 Å². The van der Waals surface area contributed by atoms with Crippen LogP contribution in [0, 0.1) is 5.92 Å². The molecule has 0 saturated heterocycles. The van der Waals surface area contributed by atoms with Crippen molar-refractivity contribution in [1.82, 2.24) is 0 Å². The molecule has 1 fully saturated rings. The van der Waals surface area contributed by atoms with Gasteiger partial charge in [-0.15, -0.1) is 0 Å². The van der Waals surface area contributed by atoms with E-state index in [1.165, 1.54) is 0 Å². The molecule has 13 heteroatoms. The zero-order valence-electron chi connectivity index (χ0n) is 9.20. The van der Waals surface area contributed by atoms with E-state index >= 15 is 0 Å². The minimum Gasteiger partial charge on any atom is -0.226 e. The molecule has 0 heterocycles.